The number of nitrogens with zero attached hydrogens (tertiary/aromatic N) is 1. The van der Waals surface area contributed by atoms with Crippen LogP contribution >= 0.6 is 11.3 Å². The van der Waals surface area contributed by atoms with Crippen LogP contribution in [0.5, 0.6) is 0 Å². The van der Waals surface area contributed by atoms with Crippen LogP contribution in [0.4, 0.5) is 17.1 Å². The molecule has 0 radical (unpaired) electrons. The lowest BCUT2D eigenvalue weighted by Crippen LogP contribution is -2.10. The minimum atomic E-state index is 0.881. The van der Waals surface area contributed by atoms with Gasteiger partial charge in [0.1, 0.15) is 11.2 Å². The molecule has 0 aliphatic heterocycles. The van der Waals surface area contributed by atoms with Crippen molar-refractivity contribution in [2.45, 2.75) is 0 Å². The van der Waals surface area contributed by atoms with Gasteiger partial charge in [0.25, 0.3) is 0 Å². The van der Waals surface area contributed by atoms with Gasteiger partial charge < -0.3 is 9.32 Å². The van der Waals surface area contributed by atoms with Gasteiger partial charge in [0.05, 0.1) is 11.1 Å². The maximum Gasteiger partial charge on any atom is 0.137 e. The molecule has 0 saturated heterocycles. The Kier molecular flexibility index (Phi) is 7.04. The molecule has 0 spiro atoms. The van der Waals surface area contributed by atoms with E-state index in [2.05, 4.69) is 193 Å². The number of benzene rings is 8. The van der Waals surface area contributed by atoms with Gasteiger partial charge in [0, 0.05) is 36.9 Å². The minimum absolute atomic E-state index is 0.881. The van der Waals surface area contributed by atoms with E-state index in [0.29, 0.717) is 0 Å². The normalized spacial score (nSPS) is 11.5. The molecule has 0 bridgehead atoms. The van der Waals surface area contributed by atoms with Crippen molar-refractivity contribution in [3.63, 3.8) is 0 Å². The third-order valence-corrected chi connectivity index (χ3v) is 11.1. The van der Waals surface area contributed by atoms with E-state index in [-0.39, 0.29) is 0 Å². The van der Waals surface area contributed by atoms with Gasteiger partial charge in [-0.1, -0.05) is 133 Å². The van der Waals surface area contributed by atoms with Crippen molar-refractivity contribution in [1.29, 1.82) is 0 Å². The molecule has 0 aliphatic carbocycles. The third-order valence-electron chi connectivity index (χ3n) is 9.90. The molecule has 0 fully saturated rings. The summed E-state index contributed by atoms with van der Waals surface area (Å²) in [6, 6.07) is 67.2. The van der Waals surface area contributed by atoms with Crippen molar-refractivity contribution in [2.24, 2.45) is 0 Å². The summed E-state index contributed by atoms with van der Waals surface area (Å²) in [5, 5.41) is 4.83. The molecule has 8 aromatic carbocycles. The summed E-state index contributed by atoms with van der Waals surface area (Å²) in [4.78, 5) is 2.38. The number of thiophene rings is 1. The Hall–Kier alpha value is -6.42. The van der Waals surface area contributed by atoms with E-state index in [1.807, 2.05) is 11.3 Å². The molecular weight excluding hydrogens is 639 g/mol. The van der Waals surface area contributed by atoms with Gasteiger partial charge in [-0.25, -0.2) is 0 Å². The molecule has 2 heterocycles. The van der Waals surface area contributed by atoms with E-state index in [0.717, 1.165) is 33.6 Å². The molecule has 240 valence electrons. The van der Waals surface area contributed by atoms with Crippen molar-refractivity contribution in [2.75, 3.05) is 4.90 Å². The van der Waals surface area contributed by atoms with E-state index < -0.39 is 0 Å². The average Bonchev–Trinajstić information content (AvgIpc) is 3.78. The second-order valence-corrected chi connectivity index (χ2v) is 13.9. The molecule has 0 amide bonds. The van der Waals surface area contributed by atoms with Gasteiger partial charge in [0.15, 0.2) is 0 Å². The zero-order valence-corrected chi connectivity index (χ0v) is 28.5. The molecule has 51 heavy (non-hydrogen) atoms. The molecular formula is C48H31NOS. The fraction of sp³-hybridized carbons (Fsp3) is 0. The standard InChI is InChI=1S/C48H31NOS/c1-3-12-32(13-4-1)33-22-26-36(27-23-33)49(37-28-24-35(25-29-37)39-17-8-7-16-38(39)34-14-5-2-6-15-34)42-19-11-20-43-46(42)47-44(50-43)31-30-41-40-18-9-10-21-45(40)51-48(41)47/h1-31H. The molecule has 0 atom stereocenters. The molecule has 0 N–H and O–H groups in total. The van der Waals surface area contributed by atoms with Gasteiger partial charge in [-0.3, -0.25) is 0 Å². The van der Waals surface area contributed by atoms with Crippen molar-refractivity contribution in [3.05, 3.63) is 188 Å². The lowest BCUT2D eigenvalue weighted by atomic mass is 9.94. The first-order chi connectivity index (χ1) is 25.3. The number of furan rings is 1. The summed E-state index contributed by atoms with van der Waals surface area (Å²) in [7, 11) is 0. The average molecular weight is 670 g/mol. The molecule has 0 unspecified atom stereocenters. The van der Waals surface area contributed by atoms with Gasteiger partial charge in [-0.05, 0) is 88.0 Å². The Bertz CT molecular complexity index is 2830. The summed E-state index contributed by atoms with van der Waals surface area (Å²) in [6.07, 6.45) is 0. The van der Waals surface area contributed by atoms with E-state index >= 15 is 0 Å². The van der Waals surface area contributed by atoms with E-state index in [9.17, 15) is 0 Å². The summed E-state index contributed by atoms with van der Waals surface area (Å²) in [6.45, 7) is 0. The van der Waals surface area contributed by atoms with Crippen LogP contribution in [0, 0.1) is 0 Å². The Labute approximate surface area is 300 Å². The highest BCUT2D eigenvalue weighted by atomic mass is 32.1. The number of rotatable bonds is 6. The van der Waals surface area contributed by atoms with Crippen LogP contribution in [0.15, 0.2) is 192 Å². The third kappa shape index (κ3) is 5.01. The first-order valence-electron chi connectivity index (χ1n) is 17.3. The highest BCUT2D eigenvalue weighted by Crippen LogP contribution is 2.48. The fourth-order valence-electron chi connectivity index (χ4n) is 7.51. The number of fused-ring (bicyclic) bond motifs is 7. The van der Waals surface area contributed by atoms with E-state index in [1.54, 1.807) is 0 Å². The molecule has 2 nitrogen and oxygen atoms in total. The lowest BCUT2D eigenvalue weighted by Gasteiger charge is -2.27. The first kappa shape index (κ1) is 29.5. The van der Waals surface area contributed by atoms with Crippen LogP contribution in [0.25, 0.3) is 75.5 Å². The predicted molar refractivity (Wildman–Crippen MR) is 218 cm³/mol. The van der Waals surface area contributed by atoms with Gasteiger partial charge in [-0.2, -0.15) is 0 Å². The summed E-state index contributed by atoms with van der Waals surface area (Å²) in [5.41, 5.74) is 12.2. The lowest BCUT2D eigenvalue weighted by molar-refractivity contribution is 0.669. The van der Waals surface area contributed by atoms with E-state index in [4.69, 9.17) is 4.42 Å². The molecule has 10 aromatic rings. The Morgan fingerprint density at radius 3 is 1.63 bits per heavy atom. The Morgan fingerprint density at radius 2 is 0.922 bits per heavy atom. The van der Waals surface area contributed by atoms with Gasteiger partial charge >= 0.3 is 0 Å². The summed E-state index contributed by atoms with van der Waals surface area (Å²) in [5.74, 6) is 0. The highest BCUT2D eigenvalue weighted by molar-refractivity contribution is 7.26. The second kappa shape index (κ2) is 12.2. The topological polar surface area (TPSA) is 16.4 Å². The highest BCUT2D eigenvalue weighted by Gasteiger charge is 2.22. The summed E-state index contributed by atoms with van der Waals surface area (Å²) >= 11 is 1.84. The molecule has 10 rings (SSSR count). The number of anilines is 3. The van der Waals surface area contributed by atoms with Gasteiger partial charge in [0.2, 0.25) is 0 Å². The smallest absolute Gasteiger partial charge is 0.137 e. The van der Waals surface area contributed by atoms with Crippen LogP contribution in [0.3, 0.4) is 0 Å². The van der Waals surface area contributed by atoms with E-state index in [1.165, 1.54) is 58.9 Å². The molecule has 2 aromatic heterocycles. The second-order valence-electron chi connectivity index (χ2n) is 12.9. The number of hydrogen-bond acceptors (Lipinski definition) is 3. The van der Waals surface area contributed by atoms with Crippen LogP contribution in [0.1, 0.15) is 0 Å². The van der Waals surface area contributed by atoms with Crippen molar-refractivity contribution in [1.82, 2.24) is 0 Å². The fourth-order valence-corrected chi connectivity index (χ4v) is 8.76. The Balaban J connectivity index is 1.18. The molecule has 3 heteroatoms. The van der Waals surface area contributed by atoms with Crippen LogP contribution in [-0.4, -0.2) is 0 Å². The largest absolute Gasteiger partial charge is 0.456 e. The zero-order valence-electron chi connectivity index (χ0n) is 27.7. The predicted octanol–water partition coefficient (Wildman–Crippen LogP) is 14.4. The van der Waals surface area contributed by atoms with Crippen LogP contribution in [-0.2, 0) is 0 Å². The minimum Gasteiger partial charge on any atom is -0.456 e. The van der Waals surface area contributed by atoms with Crippen molar-refractivity contribution < 1.29 is 4.42 Å². The van der Waals surface area contributed by atoms with Crippen LogP contribution in [0.2, 0.25) is 0 Å². The first-order valence-corrected chi connectivity index (χ1v) is 18.1. The maximum atomic E-state index is 6.61. The SMILES string of the molecule is c1ccc(-c2ccc(N(c3ccc(-c4ccccc4-c4ccccc4)cc3)c3cccc4oc5ccc6c7ccccc7sc6c5c34)cc2)cc1. The van der Waals surface area contributed by atoms with Crippen LogP contribution < -0.4 is 4.90 Å². The maximum absolute atomic E-state index is 6.61. The summed E-state index contributed by atoms with van der Waals surface area (Å²) < 4.78 is 9.15. The number of hydrogen-bond donors (Lipinski definition) is 0. The van der Waals surface area contributed by atoms with Crippen molar-refractivity contribution in [3.8, 4) is 33.4 Å². The zero-order chi connectivity index (χ0) is 33.7. The molecule has 0 saturated carbocycles. The van der Waals surface area contributed by atoms with Gasteiger partial charge in [-0.15, -0.1) is 11.3 Å². The monoisotopic (exact) mass is 669 g/mol. The van der Waals surface area contributed by atoms with Crippen molar-refractivity contribution >= 4 is 70.5 Å². The Morgan fingerprint density at radius 1 is 0.373 bits per heavy atom. The molecule has 0 aliphatic rings. The quantitative estimate of drug-likeness (QED) is 0.175.